The average molecular weight is 983 g/mol. The first-order chi connectivity index (χ1) is 37.1. The van der Waals surface area contributed by atoms with Crippen molar-refractivity contribution in [3.63, 3.8) is 0 Å². The van der Waals surface area contributed by atoms with Gasteiger partial charge in [-0.15, -0.1) is 0 Å². The zero-order chi connectivity index (χ0) is 57.1. The van der Waals surface area contributed by atoms with Gasteiger partial charge in [0.1, 0.15) is 17.7 Å². The molecule has 1 aliphatic heterocycles. The minimum Gasteiger partial charge on any atom is -0.457 e. The number of pyridine rings is 1. The number of ether oxygens (including phenoxy) is 1. The molecule has 380 valence electrons. The number of hydrogen-bond acceptors (Lipinski definition) is 4. The Kier molecular flexibility index (Phi) is 12.8. The highest BCUT2D eigenvalue weighted by Gasteiger charge is 2.36. The summed E-state index contributed by atoms with van der Waals surface area (Å²) in [5.41, 5.74) is 17.1. The van der Waals surface area contributed by atoms with E-state index in [2.05, 4.69) is 220 Å². The van der Waals surface area contributed by atoms with Crippen molar-refractivity contribution in [2.75, 3.05) is 10.2 Å². The van der Waals surface area contributed by atoms with E-state index >= 15 is 0 Å². The van der Waals surface area contributed by atoms with Crippen molar-refractivity contribution in [2.45, 2.75) is 145 Å². The van der Waals surface area contributed by atoms with Gasteiger partial charge in [0.15, 0.2) is 0 Å². The first-order valence-corrected chi connectivity index (χ1v) is 26.7. The minimum atomic E-state index is -2.59. The maximum absolute atomic E-state index is 9.45. The lowest BCUT2D eigenvalue weighted by Crippen LogP contribution is -2.27. The summed E-state index contributed by atoms with van der Waals surface area (Å²) in [6, 6.07) is 53.7. The van der Waals surface area contributed by atoms with Crippen LogP contribution in [0.25, 0.3) is 44.6 Å². The van der Waals surface area contributed by atoms with Gasteiger partial charge in [-0.3, -0.25) is 4.98 Å². The molecule has 2 heterocycles. The van der Waals surface area contributed by atoms with E-state index in [1.54, 1.807) is 26.8 Å². The van der Waals surface area contributed by atoms with Crippen LogP contribution >= 0.6 is 0 Å². The molecule has 0 amide bonds. The molecule has 0 radical (unpaired) electrons. The van der Waals surface area contributed by atoms with Gasteiger partial charge in [0.25, 0.3) is 0 Å². The van der Waals surface area contributed by atoms with Crippen LogP contribution in [-0.2, 0) is 11.8 Å². The van der Waals surface area contributed by atoms with Crippen molar-refractivity contribution < 1.29 is 11.6 Å². The number of nitrogens with one attached hydrogen (secondary N) is 1. The third kappa shape index (κ3) is 11.0. The molecule has 9 rings (SSSR count). The Morgan fingerprint density at radius 3 is 1.64 bits per heavy atom. The van der Waals surface area contributed by atoms with Crippen molar-refractivity contribution in [1.82, 2.24) is 4.98 Å². The highest BCUT2D eigenvalue weighted by atomic mass is 16.5. The van der Waals surface area contributed by atoms with E-state index in [4.69, 9.17) is 13.8 Å². The molecule has 1 aromatic heterocycles. The molecular formula is C70H79N3O. The van der Waals surface area contributed by atoms with Crippen LogP contribution in [0.15, 0.2) is 158 Å². The van der Waals surface area contributed by atoms with Crippen molar-refractivity contribution in [2.24, 2.45) is 5.41 Å². The van der Waals surface area contributed by atoms with Gasteiger partial charge < -0.3 is 15.0 Å². The van der Waals surface area contributed by atoms with Gasteiger partial charge in [0, 0.05) is 18.6 Å². The van der Waals surface area contributed by atoms with Gasteiger partial charge in [-0.05, 0) is 186 Å². The summed E-state index contributed by atoms with van der Waals surface area (Å²) in [5.74, 6) is 1.96. The predicted octanol–water partition coefficient (Wildman–Crippen LogP) is 20.5. The van der Waals surface area contributed by atoms with Gasteiger partial charge in [0.2, 0.25) is 0 Å². The van der Waals surface area contributed by atoms with Crippen LogP contribution in [0.5, 0.6) is 11.5 Å². The highest BCUT2D eigenvalue weighted by Crippen LogP contribution is 2.52. The van der Waals surface area contributed by atoms with Crippen molar-refractivity contribution in [3.05, 3.63) is 202 Å². The second kappa shape index (κ2) is 20.8. The molecule has 1 aliphatic rings. The van der Waals surface area contributed by atoms with Crippen LogP contribution in [-0.4, -0.2) is 4.98 Å². The Labute approximate surface area is 451 Å². The lowest BCUT2D eigenvalue weighted by Gasteiger charge is -2.34. The number of aromatic nitrogens is 1. The van der Waals surface area contributed by atoms with Crippen LogP contribution in [0, 0.1) is 12.3 Å². The number of hydrogen-bond donors (Lipinski definition) is 1. The van der Waals surface area contributed by atoms with Crippen LogP contribution in [0.1, 0.15) is 178 Å². The maximum Gasteiger partial charge on any atom is 0.130 e. The molecule has 8 aromatic rings. The summed E-state index contributed by atoms with van der Waals surface area (Å²) >= 11 is 0. The fourth-order valence-corrected chi connectivity index (χ4v) is 10.5. The molecule has 4 nitrogen and oxygen atoms in total. The normalized spacial score (nSPS) is 15.2. The first kappa shape index (κ1) is 45.7. The molecule has 0 fully saturated rings. The number of rotatable bonds is 13. The number of benzene rings is 7. The molecule has 0 saturated carbocycles. The monoisotopic (exact) mass is 983 g/mol. The molecule has 0 spiro atoms. The maximum atomic E-state index is 9.45. The van der Waals surface area contributed by atoms with Crippen LogP contribution in [0.3, 0.4) is 0 Å². The molecular weight excluding hydrogens is 899 g/mol. The molecule has 1 N–H and O–H groups in total. The quantitative estimate of drug-likeness (QED) is 0.125. The topological polar surface area (TPSA) is 37.4 Å². The van der Waals surface area contributed by atoms with E-state index in [1.165, 1.54) is 45.3 Å². The minimum absolute atomic E-state index is 0.0964. The Bertz CT molecular complexity index is 3450. The van der Waals surface area contributed by atoms with Crippen molar-refractivity contribution >= 4 is 17.1 Å². The summed E-state index contributed by atoms with van der Waals surface area (Å²) < 4.78 is 51.8. The summed E-state index contributed by atoms with van der Waals surface area (Å²) in [5, 5.41) is 3.99. The van der Waals surface area contributed by atoms with Crippen LogP contribution in [0.2, 0.25) is 0 Å². The lowest BCUT2D eigenvalue weighted by atomic mass is 9.82. The van der Waals surface area contributed by atoms with Gasteiger partial charge in [-0.2, -0.15) is 0 Å². The lowest BCUT2D eigenvalue weighted by molar-refractivity contribution is 0.410. The number of fused-ring (bicyclic) bond motifs is 1. The highest BCUT2D eigenvalue weighted by molar-refractivity contribution is 5.88. The standard InChI is InChI=1S/C70H79N3O/c1-43(2)59-35-50(48-24-18-16-19-25-48)36-60(44(3)4)66(59)53-30-52(64-39-55(41-69(10,11)12)47(9)42-71-64)32-57(33-53)74-58-34-54(31-56(40-58)70(13,14)15)68-72-63-28-22-23-29-65(63)73(68)67-61(45(5)6)37-51(38-62(67)46(7)8)49-26-20-17-21-27-49/h16-40,42-46,68,72H,41H2,1-15H3/i9D3,41D2. The Morgan fingerprint density at radius 2 is 1.09 bits per heavy atom. The Hall–Kier alpha value is -6.91. The predicted molar refractivity (Wildman–Crippen MR) is 317 cm³/mol. The SMILES string of the molecule is [2H]C([2H])([2H])c1cnc(-c2cc(Oc3cc(C4Nc5ccccc5N4c4c(C(C)C)cc(-c5ccccc5)cc4C(C)C)cc(C(C)(C)C)c3)cc(-c3c(C(C)C)cc(-c4ccccc4)cc3C(C)C)c2)cc1C([2H])([2H])C(C)(C)C. The van der Waals surface area contributed by atoms with Crippen molar-refractivity contribution in [3.8, 4) is 56.1 Å². The van der Waals surface area contributed by atoms with Crippen LogP contribution in [0.4, 0.5) is 17.1 Å². The number of aryl methyl sites for hydroxylation is 1. The zero-order valence-corrected chi connectivity index (χ0v) is 46.2. The fraction of sp³-hybridized carbons (Fsp3) is 0.329. The smallest absolute Gasteiger partial charge is 0.130 e. The van der Waals surface area contributed by atoms with Gasteiger partial charge in [-0.25, -0.2) is 0 Å². The summed E-state index contributed by atoms with van der Waals surface area (Å²) in [7, 11) is 0. The molecule has 1 atom stereocenters. The van der Waals surface area contributed by atoms with E-state index in [-0.39, 0.29) is 46.4 Å². The van der Waals surface area contributed by atoms with Crippen LogP contribution < -0.4 is 15.0 Å². The molecule has 74 heavy (non-hydrogen) atoms. The third-order valence-electron chi connectivity index (χ3n) is 14.3. The molecule has 7 aromatic carbocycles. The zero-order valence-electron chi connectivity index (χ0n) is 51.2. The van der Waals surface area contributed by atoms with E-state index < -0.39 is 18.6 Å². The van der Waals surface area contributed by atoms with Gasteiger partial charge in [0.05, 0.1) is 22.8 Å². The number of nitrogens with zero attached hydrogens (tertiary/aromatic N) is 2. The van der Waals surface area contributed by atoms with E-state index in [9.17, 15) is 2.74 Å². The van der Waals surface area contributed by atoms with E-state index in [0.717, 1.165) is 44.8 Å². The summed E-state index contributed by atoms with van der Waals surface area (Å²) in [4.78, 5) is 7.37. The number of para-hydroxylation sites is 2. The fourth-order valence-electron chi connectivity index (χ4n) is 10.5. The molecule has 4 heteroatoms. The van der Waals surface area contributed by atoms with E-state index in [0.29, 0.717) is 22.8 Å². The van der Waals surface area contributed by atoms with Gasteiger partial charge >= 0.3 is 0 Å². The largest absolute Gasteiger partial charge is 0.457 e. The van der Waals surface area contributed by atoms with Crippen molar-refractivity contribution in [1.29, 1.82) is 0 Å². The van der Waals surface area contributed by atoms with Gasteiger partial charge in [-0.1, -0.05) is 188 Å². The molecule has 0 saturated heterocycles. The molecule has 0 aliphatic carbocycles. The number of anilines is 3. The average Bonchev–Trinajstić information content (AvgIpc) is 3.81. The van der Waals surface area contributed by atoms with E-state index in [1.807, 2.05) is 12.1 Å². The second-order valence-corrected chi connectivity index (χ2v) is 23.7. The second-order valence-electron chi connectivity index (χ2n) is 23.7. The first-order valence-electron chi connectivity index (χ1n) is 29.2. The third-order valence-corrected chi connectivity index (χ3v) is 14.3. The summed E-state index contributed by atoms with van der Waals surface area (Å²) in [6.07, 6.45) is -0.969. The molecule has 0 bridgehead atoms. The summed E-state index contributed by atoms with van der Waals surface area (Å²) in [6.45, 7) is 27.6. The molecule has 1 unspecified atom stereocenters. The Balaban J connectivity index is 1.27. The Morgan fingerprint density at radius 1 is 0.568 bits per heavy atom.